The van der Waals surface area contributed by atoms with Crippen molar-refractivity contribution < 1.29 is 14.3 Å². The van der Waals surface area contributed by atoms with Gasteiger partial charge in [0.2, 0.25) is 5.91 Å². The standard InChI is InChI=1S/C16H24N2O3S/c1-5-20-10-11-21-13-8-6-12(7-9-13)17-15(22)18-14(19)16(2,3)4/h6-9H,5,10-11H2,1-4H3,(H2,17,18,19,22). The molecule has 1 aromatic rings. The van der Waals surface area contributed by atoms with Gasteiger partial charge in [-0.15, -0.1) is 0 Å². The van der Waals surface area contributed by atoms with Gasteiger partial charge in [-0.1, -0.05) is 20.8 Å². The molecule has 0 fully saturated rings. The maximum absolute atomic E-state index is 11.8. The monoisotopic (exact) mass is 324 g/mol. The molecular weight excluding hydrogens is 300 g/mol. The van der Waals surface area contributed by atoms with Crippen molar-refractivity contribution in [2.45, 2.75) is 27.7 Å². The zero-order chi connectivity index (χ0) is 16.6. The van der Waals surface area contributed by atoms with Gasteiger partial charge in [0.25, 0.3) is 0 Å². The molecule has 0 spiro atoms. The quantitative estimate of drug-likeness (QED) is 0.622. The number of amides is 1. The fraction of sp³-hybridized carbons (Fsp3) is 0.500. The van der Waals surface area contributed by atoms with Crippen molar-refractivity contribution in [3.8, 4) is 5.75 Å². The minimum Gasteiger partial charge on any atom is -0.491 e. The van der Waals surface area contributed by atoms with E-state index in [0.717, 1.165) is 11.4 Å². The van der Waals surface area contributed by atoms with E-state index in [2.05, 4.69) is 10.6 Å². The van der Waals surface area contributed by atoms with Crippen molar-refractivity contribution in [3.05, 3.63) is 24.3 Å². The number of carbonyl (C=O) groups excluding carboxylic acids is 1. The first-order chi connectivity index (χ1) is 10.3. The summed E-state index contributed by atoms with van der Waals surface area (Å²) in [4.78, 5) is 11.8. The number of hydrogen-bond acceptors (Lipinski definition) is 4. The van der Waals surface area contributed by atoms with E-state index in [0.29, 0.717) is 19.8 Å². The Morgan fingerprint density at radius 3 is 2.36 bits per heavy atom. The molecule has 122 valence electrons. The van der Waals surface area contributed by atoms with E-state index in [1.807, 2.05) is 52.0 Å². The third-order valence-electron chi connectivity index (χ3n) is 2.72. The van der Waals surface area contributed by atoms with E-state index in [1.54, 1.807) is 0 Å². The molecule has 0 aromatic heterocycles. The molecule has 0 bridgehead atoms. The van der Waals surface area contributed by atoms with Crippen LogP contribution in [0.2, 0.25) is 0 Å². The summed E-state index contributed by atoms with van der Waals surface area (Å²) in [6, 6.07) is 7.35. The van der Waals surface area contributed by atoms with Gasteiger partial charge in [-0.05, 0) is 43.4 Å². The summed E-state index contributed by atoms with van der Waals surface area (Å²) in [7, 11) is 0. The van der Waals surface area contributed by atoms with Crippen molar-refractivity contribution in [1.82, 2.24) is 5.32 Å². The average molecular weight is 324 g/mol. The van der Waals surface area contributed by atoms with Crippen LogP contribution in [0.4, 0.5) is 5.69 Å². The molecule has 1 amide bonds. The molecule has 0 unspecified atom stereocenters. The lowest BCUT2D eigenvalue weighted by molar-refractivity contribution is -0.126. The Morgan fingerprint density at radius 2 is 1.82 bits per heavy atom. The lowest BCUT2D eigenvalue weighted by atomic mass is 9.96. The summed E-state index contributed by atoms with van der Waals surface area (Å²) in [5.41, 5.74) is 0.306. The fourth-order valence-electron chi connectivity index (χ4n) is 1.45. The lowest BCUT2D eigenvalue weighted by Crippen LogP contribution is -2.41. The molecule has 0 atom stereocenters. The van der Waals surface area contributed by atoms with Crippen molar-refractivity contribution in [1.29, 1.82) is 0 Å². The number of nitrogens with one attached hydrogen (secondary N) is 2. The van der Waals surface area contributed by atoms with Crippen LogP contribution in [0, 0.1) is 5.41 Å². The van der Waals surface area contributed by atoms with Crippen LogP contribution in [0.15, 0.2) is 24.3 Å². The lowest BCUT2D eigenvalue weighted by Gasteiger charge is -2.18. The Kier molecular flexibility index (Phi) is 7.27. The molecule has 0 saturated heterocycles. The molecule has 1 rings (SSSR count). The molecule has 0 heterocycles. The fourth-order valence-corrected chi connectivity index (χ4v) is 1.66. The normalized spacial score (nSPS) is 10.9. The van der Waals surface area contributed by atoms with Crippen LogP contribution in [-0.4, -0.2) is 30.8 Å². The molecule has 2 N–H and O–H groups in total. The zero-order valence-electron chi connectivity index (χ0n) is 13.6. The van der Waals surface area contributed by atoms with Crippen molar-refractivity contribution in [3.63, 3.8) is 0 Å². The number of carbonyl (C=O) groups is 1. The second-order valence-electron chi connectivity index (χ2n) is 5.73. The highest BCUT2D eigenvalue weighted by molar-refractivity contribution is 7.80. The number of hydrogen-bond donors (Lipinski definition) is 2. The topological polar surface area (TPSA) is 59.6 Å². The first kappa shape index (κ1) is 18.4. The molecule has 0 aliphatic carbocycles. The highest BCUT2D eigenvalue weighted by Gasteiger charge is 2.21. The Morgan fingerprint density at radius 1 is 1.18 bits per heavy atom. The smallest absolute Gasteiger partial charge is 0.231 e. The van der Waals surface area contributed by atoms with Gasteiger partial charge < -0.3 is 20.1 Å². The summed E-state index contributed by atoms with van der Waals surface area (Å²) in [5, 5.41) is 5.92. The van der Waals surface area contributed by atoms with Crippen LogP contribution in [-0.2, 0) is 9.53 Å². The second-order valence-corrected chi connectivity index (χ2v) is 6.14. The van der Waals surface area contributed by atoms with E-state index in [1.165, 1.54) is 0 Å². The molecule has 0 aliphatic rings. The molecule has 0 radical (unpaired) electrons. The first-order valence-electron chi connectivity index (χ1n) is 7.26. The number of rotatable bonds is 6. The van der Waals surface area contributed by atoms with Gasteiger partial charge in [0, 0.05) is 17.7 Å². The van der Waals surface area contributed by atoms with Crippen molar-refractivity contribution in [2.24, 2.45) is 5.41 Å². The molecule has 22 heavy (non-hydrogen) atoms. The first-order valence-corrected chi connectivity index (χ1v) is 7.67. The van der Waals surface area contributed by atoms with E-state index in [-0.39, 0.29) is 11.0 Å². The SMILES string of the molecule is CCOCCOc1ccc(NC(=S)NC(=O)C(C)(C)C)cc1. The van der Waals surface area contributed by atoms with Crippen LogP contribution >= 0.6 is 12.2 Å². The highest BCUT2D eigenvalue weighted by Crippen LogP contribution is 2.16. The van der Waals surface area contributed by atoms with Crippen LogP contribution in [0.1, 0.15) is 27.7 Å². The van der Waals surface area contributed by atoms with Gasteiger partial charge in [0.15, 0.2) is 5.11 Å². The van der Waals surface area contributed by atoms with Crippen LogP contribution in [0.3, 0.4) is 0 Å². The molecule has 0 saturated carbocycles. The van der Waals surface area contributed by atoms with Crippen LogP contribution < -0.4 is 15.4 Å². The molecule has 6 heteroatoms. The molecule has 1 aromatic carbocycles. The van der Waals surface area contributed by atoms with Crippen LogP contribution in [0.5, 0.6) is 5.75 Å². The molecule has 0 aliphatic heterocycles. The van der Waals surface area contributed by atoms with E-state index >= 15 is 0 Å². The number of benzene rings is 1. The minimum atomic E-state index is -0.482. The number of ether oxygens (including phenoxy) is 2. The summed E-state index contributed by atoms with van der Waals surface area (Å²) < 4.78 is 10.7. The molecule has 5 nitrogen and oxygen atoms in total. The number of thiocarbonyl (C=S) groups is 1. The molecular formula is C16H24N2O3S. The summed E-state index contributed by atoms with van der Waals surface area (Å²) in [5.74, 6) is 0.635. The van der Waals surface area contributed by atoms with E-state index in [9.17, 15) is 4.79 Å². The third-order valence-corrected chi connectivity index (χ3v) is 2.93. The Bertz CT molecular complexity index is 495. The van der Waals surface area contributed by atoms with E-state index < -0.39 is 5.41 Å². The summed E-state index contributed by atoms with van der Waals surface area (Å²) in [6.45, 7) is 9.21. The minimum absolute atomic E-state index is 0.124. The van der Waals surface area contributed by atoms with E-state index in [4.69, 9.17) is 21.7 Å². The van der Waals surface area contributed by atoms with Gasteiger partial charge in [-0.3, -0.25) is 4.79 Å². The second kappa shape index (κ2) is 8.70. The Hall–Kier alpha value is -1.66. The Balaban J connectivity index is 2.43. The van der Waals surface area contributed by atoms with Gasteiger partial charge >= 0.3 is 0 Å². The number of anilines is 1. The summed E-state index contributed by atoms with van der Waals surface area (Å²) in [6.07, 6.45) is 0. The van der Waals surface area contributed by atoms with Gasteiger partial charge in [0.1, 0.15) is 12.4 Å². The Labute approximate surface area is 137 Å². The largest absolute Gasteiger partial charge is 0.491 e. The van der Waals surface area contributed by atoms with Gasteiger partial charge in [-0.2, -0.15) is 0 Å². The average Bonchev–Trinajstić information content (AvgIpc) is 2.44. The highest BCUT2D eigenvalue weighted by atomic mass is 32.1. The van der Waals surface area contributed by atoms with Gasteiger partial charge in [-0.25, -0.2) is 0 Å². The maximum atomic E-state index is 11.8. The third kappa shape index (κ3) is 6.87. The maximum Gasteiger partial charge on any atom is 0.231 e. The van der Waals surface area contributed by atoms with Crippen LogP contribution in [0.25, 0.3) is 0 Å². The predicted molar refractivity (Wildman–Crippen MR) is 92.2 cm³/mol. The van der Waals surface area contributed by atoms with Crippen molar-refractivity contribution >= 4 is 28.9 Å². The van der Waals surface area contributed by atoms with Gasteiger partial charge in [0.05, 0.1) is 6.61 Å². The summed E-state index contributed by atoms with van der Waals surface area (Å²) >= 11 is 5.12. The van der Waals surface area contributed by atoms with Crippen molar-refractivity contribution in [2.75, 3.05) is 25.1 Å². The predicted octanol–water partition coefficient (Wildman–Crippen LogP) is 2.96. The zero-order valence-corrected chi connectivity index (χ0v) is 14.4.